The van der Waals surface area contributed by atoms with Crippen LogP contribution in [-0.4, -0.2) is 41.8 Å². The molecule has 0 spiro atoms. The van der Waals surface area contributed by atoms with Gasteiger partial charge in [-0.15, -0.1) is 11.3 Å². The Bertz CT molecular complexity index is 1270. The minimum atomic E-state index is -0.557. The van der Waals surface area contributed by atoms with E-state index in [4.69, 9.17) is 18.9 Å². The normalized spacial score (nSPS) is 11.5. The van der Waals surface area contributed by atoms with Crippen molar-refractivity contribution in [3.8, 4) is 23.0 Å². The van der Waals surface area contributed by atoms with E-state index in [0.29, 0.717) is 41.0 Å². The third-order valence-corrected chi connectivity index (χ3v) is 6.02. The molecule has 10 heteroatoms. The monoisotopic (exact) mass is 494 g/mol. The minimum absolute atomic E-state index is 0.302. The number of hydrogen-bond donors (Lipinski definition) is 1. The maximum Gasteiger partial charge on any atom is 0.252 e. The fraction of sp³-hybridized carbons (Fsp3) is 0.240. The van der Waals surface area contributed by atoms with Gasteiger partial charge in [0.05, 0.1) is 32.5 Å². The van der Waals surface area contributed by atoms with Crippen LogP contribution in [0.5, 0.6) is 23.0 Å². The predicted molar refractivity (Wildman–Crippen MR) is 132 cm³/mol. The molecule has 0 fully saturated rings. The average Bonchev–Trinajstić information content (AvgIpc) is 3.57. The summed E-state index contributed by atoms with van der Waals surface area (Å²) in [5.74, 6) is 2.54. The van der Waals surface area contributed by atoms with Crippen LogP contribution in [0, 0.1) is 0 Å². The molecule has 4 rings (SSSR count). The fourth-order valence-electron chi connectivity index (χ4n) is 3.55. The van der Waals surface area contributed by atoms with Crippen molar-refractivity contribution in [3.05, 3.63) is 82.3 Å². The summed E-state index contributed by atoms with van der Waals surface area (Å²) in [6.45, 7) is 0.310. The van der Waals surface area contributed by atoms with E-state index in [2.05, 4.69) is 15.3 Å². The SMILES string of the molecule is COc1cc(OC)cc(C(NC(=O)c2ccc(OCc3cscn3)c(OC)c2)c2nccn2C)c1. The summed E-state index contributed by atoms with van der Waals surface area (Å²) in [5, 5.41) is 5.00. The smallest absolute Gasteiger partial charge is 0.252 e. The van der Waals surface area contributed by atoms with Gasteiger partial charge in [0.1, 0.15) is 30.0 Å². The minimum Gasteiger partial charge on any atom is -0.497 e. The van der Waals surface area contributed by atoms with Gasteiger partial charge in [-0.3, -0.25) is 4.79 Å². The lowest BCUT2D eigenvalue weighted by molar-refractivity contribution is 0.0940. The van der Waals surface area contributed by atoms with E-state index in [1.54, 1.807) is 50.2 Å². The lowest BCUT2D eigenvalue weighted by Gasteiger charge is -2.21. The Kier molecular flexibility index (Phi) is 7.51. The van der Waals surface area contributed by atoms with E-state index in [1.165, 1.54) is 18.4 Å². The number of thiazole rings is 1. The molecule has 1 N–H and O–H groups in total. The number of benzene rings is 2. The lowest BCUT2D eigenvalue weighted by Crippen LogP contribution is -2.31. The van der Waals surface area contributed by atoms with Crippen molar-refractivity contribution in [1.29, 1.82) is 0 Å². The van der Waals surface area contributed by atoms with Crippen LogP contribution in [0.3, 0.4) is 0 Å². The average molecular weight is 495 g/mol. The first-order valence-corrected chi connectivity index (χ1v) is 11.7. The molecule has 0 aliphatic rings. The maximum absolute atomic E-state index is 13.4. The Hall–Kier alpha value is -4.05. The zero-order valence-corrected chi connectivity index (χ0v) is 20.7. The molecule has 0 saturated carbocycles. The molecule has 1 amide bonds. The van der Waals surface area contributed by atoms with E-state index >= 15 is 0 Å². The molecule has 2 aromatic carbocycles. The van der Waals surface area contributed by atoms with Crippen LogP contribution in [0.4, 0.5) is 0 Å². The van der Waals surface area contributed by atoms with Gasteiger partial charge in [-0.05, 0) is 35.9 Å². The van der Waals surface area contributed by atoms with Crippen molar-refractivity contribution >= 4 is 17.2 Å². The van der Waals surface area contributed by atoms with Crippen LogP contribution in [0.2, 0.25) is 0 Å². The highest BCUT2D eigenvalue weighted by atomic mass is 32.1. The van der Waals surface area contributed by atoms with Crippen LogP contribution >= 0.6 is 11.3 Å². The topological polar surface area (TPSA) is 96.7 Å². The number of aryl methyl sites for hydroxylation is 1. The molecule has 4 aromatic rings. The number of carbonyl (C=O) groups excluding carboxylic acids is 1. The third kappa shape index (κ3) is 5.55. The van der Waals surface area contributed by atoms with E-state index in [9.17, 15) is 4.79 Å². The zero-order valence-electron chi connectivity index (χ0n) is 19.8. The third-order valence-electron chi connectivity index (χ3n) is 5.38. The van der Waals surface area contributed by atoms with Crippen LogP contribution in [-0.2, 0) is 13.7 Å². The summed E-state index contributed by atoms with van der Waals surface area (Å²) < 4.78 is 24.0. The van der Waals surface area contributed by atoms with Crippen molar-refractivity contribution < 1.29 is 23.7 Å². The summed E-state index contributed by atoms with van der Waals surface area (Å²) in [6.07, 6.45) is 3.51. The summed E-state index contributed by atoms with van der Waals surface area (Å²) >= 11 is 1.50. The molecule has 35 heavy (non-hydrogen) atoms. The maximum atomic E-state index is 13.4. The number of carbonyl (C=O) groups is 1. The highest BCUT2D eigenvalue weighted by Gasteiger charge is 2.24. The van der Waals surface area contributed by atoms with E-state index in [1.807, 2.05) is 35.3 Å². The molecule has 0 radical (unpaired) electrons. The molecule has 0 saturated heterocycles. The molecule has 0 aliphatic carbocycles. The second-order valence-corrected chi connectivity index (χ2v) is 8.30. The van der Waals surface area contributed by atoms with E-state index in [-0.39, 0.29) is 5.91 Å². The van der Waals surface area contributed by atoms with Gasteiger partial charge in [-0.1, -0.05) is 0 Å². The molecule has 9 nitrogen and oxygen atoms in total. The summed E-state index contributed by atoms with van der Waals surface area (Å²) in [7, 11) is 6.57. The number of methoxy groups -OCH3 is 3. The van der Waals surface area contributed by atoms with Gasteiger partial charge in [0.25, 0.3) is 5.91 Å². The van der Waals surface area contributed by atoms with Crippen molar-refractivity contribution in [2.24, 2.45) is 7.05 Å². The van der Waals surface area contributed by atoms with Crippen molar-refractivity contribution in [3.63, 3.8) is 0 Å². The summed E-state index contributed by atoms with van der Waals surface area (Å²) in [4.78, 5) is 22.0. The van der Waals surface area contributed by atoms with Crippen molar-refractivity contribution in [2.75, 3.05) is 21.3 Å². The van der Waals surface area contributed by atoms with Gasteiger partial charge < -0.3 is 28.8 Å². The zero-order chi connectivity index (χ0) is 24.8. The van der Waals surface area contributed by atoms with Gasteiger partial charge in [-0.2, -0.15) is 0 Å². The number of hydrogen-bond acceptors (Lipinski definition) is 8. The van der Waals surface area contributed by atoms with E-state index in [0.717, 1.165) is 11.3 Å². The van der Waals surface area contributed by atoms with Crippen molar-refractivity contribution in [2.45, 2.75) is 12.6 Å². The number of nitrogens with one attached hydrogen (secondary N) is 1. The molecule has 1 atom stereocenters. The molecular weight excluding hydrogens is 468 g/mol. The van der Waals surface area contributed by atoms with Crippen LogP contribution < -0.4 is 24.3 Å². The first-order valence-electron chi connectivity index (χ1n) is 10.7. The van der Waals surface area contributed by atoms with Crippen LogP contribution in [0.15, 0.2) is 59.7 Å². The highest BCUT2D eigenvalue weighted by Crippen LogP contribution is 2.31. The number of ether oxygens (including phenoxy) is 4. The Labute approximate surface area is 207 Å². The van der Waals surface area contributed by atoms with Gasteiger partial charge in [-0.25, -0.2) is 9.97 Å². The number of nitrogens with zero attached hydrogens (tertiary/aromatic N) is 3. The number of rotatable bonds is 10. The highest BCUT2D eigenvalue weighted by molar-refractivity contribution is 7.07. The second kappa shape index (κ2) is 10.9. The number of imidazole rings is 1. The Balaban J connectivity index is 1.61. The molecule has 0 aliphatic heterocycles. The number of aromatic nitrogens is 3. The van der Waals surface area contributed by atoms with Crippen LogP contribution in [0.1, 0.15) is 33.5 Å². The summed E-state index contributed by atoms with van der Waals surface area (Å²) in [5.41, 5.74) is 3.75. The van der Waals surface area contributed by atoms with Gasteiger partial charge in [0.15, 0.2) is 11.5 Å². The second-order valence-electron chi connectivity index (χ2n) is 7.58. The molecule has 0 bridgehead atoms. The van der Waals surface area contributed by atoms with Gasteiger partial charge in [0.2, 0.25) is 0 Å². The van der Waals surface area contributed by atoms with Gasteiger partial charge in [0, 0.05) is 36.5 Å². The molecule has 2 heterocycles. The number of amides is 1. The van der Waals surface area contributed by atoms with E-state index < -0.39 is 6.04 Å². The molecule has 1 unspecified atom stereocenters. The van der Waals surface area contributed by atoms with Crippen LogP contribution in [0.25, 0.3) is 0 Å². The first kappa shape index (κ1) is 24.1. The molecule has 2 aromatic heterocycles. The Morgan fingerprint density at radius 1 is 1.03 bits per heavy atom. The largest absolute Gasteiger partial charge is 0.497 e. The standard InChI is InChI=1S/C25H26N4O5S/c1-29-8-7-26-24(29)23(17-9-19(31-2)12-20(10-17)32-3)28-25(30)16-5-6-21(22(11-16)33-4)34-13-18-14-35-15-27-18/h5-12,14-15,23H,13H2,1-4H3,(H,28,30). The first-order chi connectivity index (χ1) is 17.0. The Morgan fingerprint density at radius 2 is 1.80 bits per heavy atom. The quantitative estimate of drug-likeness (QED) is 0.356. The Morgan fingerprint density at radius 3 is 2.40 bits per heavy atom. The van der Waals surface area contributed by atoms with Crippen molar-refractivity contribution in [1.82, 2.24) is 19.9 Å². The fourth-order valence-corrected chi connectivity index (χ4v) is 4.09. The summed E-state index contributed by atoms with van der Waals surface area (Å²) in [6, 6.07) is 9.96. The lowest BCUT2D eigenvalue weighted by atomic mass is 10.0. The predicted octanol–water partition coefficient (Wildman–Crippen LogP) is 4.00. The van der Waals surface area contributed by atoms with Gasteiger partial charge >= 0.3 is 0 Å². The molecule has 182 valence electrons. The molecular formula is C25H26N4O5S.